The van der Waals surface area contributed by atoms with Crippen LogP contribution in [0.3, 0.4) is 0 Å². The Hall–Kier alpha value is -2.53. The normalized spacial score (nSPS) is 16.4. The van der Waals surface area contributed by atoms with Gasteiger partial charge >= 0.3 is 6.03 Å². The van der Waals surface area contributed by atoms with E-state index < -0.39 is 6.10 Å². The topological polar surface area (TPSA) is 72.8 Å². The maximum absolute atomic E-state index is 12.3. The molecule has 0 aliphatic carbocycles. The number of aliphatic hydroxyl groups is 1. The fourth-order valence-corrected chi connectivity index (χ4v) is 3.24. The van der Waals surface area contributed by atoms with Gasteiger partial charge in [0.25, 0.3) is 0 Å². The third-order valence-electron chi connectivity index (χ3n) is 4.79. The van der Waals surface area contributed by atoms with E-state index in [1.165, 1.54) is 0 Å². The molecule has 25 heavy (non-hydrogen) atoms. The van der Waals surface area contributed by atoms with Crippen LogP contribution in [0, 0.1) is 5.92 Å². The number of carbonyl (C=O) groups is 1. The molecule has 1 saturated heterocycles. The Kier molecular flexibility index (Phi) is 5.56. The molecule has 5 nitrogen and oxygen atoms in total. The molecule has 2 aromatic rings. The first-order valence-corrected chi connectivity index (χ1v) is 8.67. The molecule has 1 unspecified atom stereocenters. The van der Waals surface area contributed by atoms with Crippen molar-refractivity contribution >= 4 is 6.03 Å². The van der Waals surface area contributed by atoms with Crippen LogP contribution in [-0.2, 0) is 6.54 Å². The van der Waals surface area contributed by atoms with Crippen LogP contribution in [0.2, 0.25) is 0 Å². The van der Waals surface area contributed by atoms with E-state index in [1.54, 1.807) is 29.2 Å². The van der Waals surface area contributed by atoms with E-state index in [-0.39, 0.29) is 17.7 Å². The molecule has 2 aromatic carbocycles. The number of hydrogen-bond donors (Lipinski definition) is 3. The van der Waals surface area contributed by atoms with Crippen LogP contribution in [0.15, 0.2) is 54.6 Å². The molecule has 0 aromatic heterocycles. The average molecular weight is 340 g/mol. The van der Waals surface area contributed by atoms with Gasteiger partial charge < -0.3 is 20.4 Å². The van der Waals surface area contributed by atoms with E-state index in [0.717, 1.165) is 24.0 Å². The van der Waals surface area contributed by atoms with Crippen molar-refractivity contribution in [1.29, 1.82) is 0 Å². The van der Waals surface area contributed by atoms with Crippen molar-refractivity contribution < 1.29 is 15.0 Å². The Balaban J connectivity index is 1.46. The highest BCUT2D eigenvalue weighted by molar-refractivity contribution is 5.74. The molecule has 0 spiro atoms. The second kappa shape index (κ2) is 8.03. The predicted molar refractivity (Wildman–Crippen MR) is 96.0 cm³/mol. The Morgan fingerprint density at radius 3 is 2.36 bits per heavy atom. The number of phenols is 1. The van der Waals surface area contributed by atoms with E-state index >= 15 is 0 Å². The monoisotopic (exact) mass is 340 g/mol. The quantitative estimate of drug-likeness (QED) is 0.801. The lowest BCUT2D eigenvalue weighted by molar-refractivity contribution is 0.0665. The standard InChI is InChI=1S/C20H24N2O3/c23-18-8-6-15(7-9-18)14-21-20(25)22-12-10-17(11-13-22)19(24)16-4-2-1-3-5-16/h1-9,17,19,23-24H,10-14H2,(H,21,25). The fourth-order valence-electron chi connectivity index (χ4n) is 3.24. The van der Waals surface area contributed by atoms with Gasteiger partial charge in [0.05, 0.1) is 6.10 Å². The first-order chi connectivity index (χ1) is 12.1. The van der Waals surface area contributed by atoms with Gasteiger partial charge in [-0.05, 0) is 42.0 Å². The smallest absolute Gasteiger partial charge is 0.317 e. The van der Waals surface area contributed by atoms with Crippen LogP contribution >= 0.6 is 0 Å². The molecular formula is C20H24N2O3. The SMILES string of the molecule is O=C(NCc1ccc(O)cc1)N1CCC(C(O)c2ccccc2)CC1. The van der Waals surface area contributed by atoms with Crippen molar-refractivity contribution in [2.24, 2.45) is 5.92 Å². The number of aromatic hydroxyl groups is 1. The summed E-state index contributed by atoms with van der Waals surface area (Å²) in [5.74, 6) is 0.401. The van der Waals surface area contributed by atoms with Gasteiger partial charge in [-0.3, -0.25) is 0 Å². The molecular weight excluding hydrogens is 316 g/mol. The number of amides is 2. The van der Waals surface area contributed by atoms with Crippen LogP contribution in [-0.4, -0.2) is 34.2 Å². The van der Waals surface area contributed by atoms with Gasteiger partial charge in [-0.25, -0.2) is 4.79 Å². The van der Waals surface area contributed by atoms with E-state index in [0.29, 0.717) is 19.6 Å². The number of nitrogens with one attached hydrogen (secondary N) is 1. The van der Waals surface area contributed by atoms with E-state index in [4.69, 9.17) is 0 Å². The fraction of sp³-hybridized carbons (Fsp3) is 0.350. The lowest BCUT2D eigenvalue weighted by atomic mass is 9.87. The van der Waals surface area contributed by atoms with Crippen LogP contribution in [0.4, 0.5) is 4.79 Å². The molecule has 0 radical (unpaired) electrons. The lowest BCUT2D eigenvalue weighted by Gasteiger charge is -2.34. The molecule has 132 valence electrons. The van der Waals surface area contributed by atoms with Crippen LogP contribution in [0.5, 0.6) is 5.75 Å². The molecule has 1 aliphatic heterocycles. The summed E-state index contributed by atoms with van der Waals surface area (Å²) in [7, 11) is 0. The number of benzene rings is 2. The van der Waals surface area contributed by atoms with Crippen molar-refractivity contribution in [3.05, 3.63) is 65.7 Å². The second-order valence-corrected chi connectivity index (χ2v) is 6.51. The Bertz CT molecular complexity index is 680. The molecule has 2 amide bonds. The third kappa shape index (κ3) is 4.51. The van der Waals surface area contributed by atoms with Crippen LogP contribution < -0.4 is 5.32 Å². The van der Waals surface area contributed by atoms with Crippen LogP contribution in [0.25, 0.3) is 0 Å². The molecule has 1 aliphatic rings. The number of nitrogens with zero attached hydrogens (tertiary/aromatic N) is 1. The van der Waals surface area contributed by atoms with Gasteiger partial charge in [0.1, 0.15) is 5.75 Å². The zero-order valence-electron chi connectivity index (χ0n) is 14.1. The number of phenolic OH excluding ortho intramolecular Hbond substituents is 1. The molecule has 3 rings (SSSR count). The summed E-state index contributed by atoms with van der Waals surface area (Å²) >= 11 is 0. The van der Waals surface area contributed by atoms with E-state index in [1.807, 2.05) is 30.3 Å². The van der Waals surface area contributed by atoms with E-state index in [9.17, 15) is 15.0 Å². The molecule has 1 heterocycles. The van der Waals surface area contributed by atoms with Gasteiger partial charge in [-0.2, -0.15) is 0 Å². The van der Waals surface area contributed by atoms with Gasteiger partial charge in [-0.1, -0.05) is 42.5 Å². The molecule has 3 N–H and O–H groups in total. The predicted octanol–water partition coefficient (Wildman–Crippen LogP) is 3.05. The highest BCUT2D eigenvalue weighted by Crippen LogP contribution is 2.30. The number of aliphatic hydroxyl groups excluding tert-OH is 1. The summed E-state index contributed by atoms with van der Waals surface area (Å²) in [5, 5.41) is 22.7. The van der Waals surface area contributed by atoms with Gasteiger partial charge in [0.15, 0.2) is 0 Å². The average Bonchev–Trinajstić information content (AvgIpc) is 2.67. The van der Waals surface area contributed by atoms with Crippen LogP contribution in [0.1, 0.15) is 30.1 Å². The largest absolute Gasteiger partial charge is 0.508 e. The minimum atomic E-state index is -0.469. The first-order valence-electron chi connectivity index (χ1n) is 8.67. The zero-order chi connectivity index (χ0) is 17.6. The second-order valence-electron chi connectivity index (χ2n) is 6.51. The van der Waals surface area contributed by atoms with Gasteiger partial charge in [-0.15, -0.1) is 0 Å². The summed E-state index contributed by atoms with van der Waals surface area (Å²) < 4.78 is 0. The Labute approximate surface area is 147 Å². The Morgan fingerprint density at radius 2 is 1.72 bits per heavy atom. The Morgan fingerprint density at radius 1 is 1.08 bits per heavy atom. The zero-order valence-corrected chi connectivity index (χ0v) is 14.1. The van der Waals surface area contributed by atoms with Gasteiger partial charge in [0, 0.05) is 19.6 Å². The molecule has 0 saturated carbocycles. The van der Waals surface area contributed by atoms with Crippen molar-refractivity contribution in [3.8, 4) is 5.75 Å². The minimum absolute atomic E-state index is 0.0827. The maximum atomic E-state index is 12.3. The summed E-state index contributed by atoms with van der Waals surface area (Å²) in [6, 6.07) is 16.4. The van der Waals surface area contributed by atoms with E-state index in [2.05, 4.69) is 5.32 Å². The number of likely N-dealkylation sites (tertiary alicyclic amines) is 1. The summed E-state index contributed by atoms with van der Waals surface area (Å²) in [6.45, 7) is 1.73. The van der Waals surface area contributed by atoms with Crippen molar-refractivity contribution in [3.63, 3.8) is 0 Å². The highest BCUT2D eigenvalue weighted by atomic mass is 16.3. The number of piperidine rings is 1. The number of hydrogen-bond acceptors (Lipinski definition) is 3. The van der Waals surface area contributed by atoms with Crippen molar-refractivity contribution in [1.82, 2.24) is 10.2 Å². The highest BCUT2D eigenvalue weighted by Gasteiger charge is 2.28. The molecule has 5 heteroatoms. The van der Waals surface area contributed by atoms with Crippen molar-refractivity contribution in [2.45, 2.75) is 25.5 Å². The number of rotatable bonds is 4. The summed E-state index contributed by atoms with van der Waals surface area (Å²) in [5.41, 5.74) is 1.89. The number of carbonyl (C=O) groups excluding carboxylic acids is 1. The summed E-state index contributed by atoms with van der Waals surface area (Å²) in [6.07, 6.45) is 1.12. The third-order valence-corrected chi connectivity index (χ3v) is 4.79. The maximum Gasteiger partial charge on any atom is 0.317 e. The lowest BCUT2D eigenvalue weighted by Crippen LogP contribution is -2.44. The number of urea groups is 1. The van der Waals surface area contributed by atoms with Crippen molar-refractivity contribution in [2.75, 3.05) is 13.1 Å². The summed E-state index contributed by atoms with van der Waals surface area (Å²) in [4.78, 5) is 14.1. The van der Waals surface area contributed by atoms with Gasteiger partial charge in [0.2, 0.25) is 0 Å². The molecule has 1 fully saturated rings. The first kappa shape index (κ1) is 17.3. The molecule has 1 atom stereocenters. The minimum Gasteiger partial charge on any atom is -0.508 e. The molecule has 0 bridgehead atoms.